The number of hydrogen-bond donors (Lipinski definition) is 0. The van der Waals surface area contributed by atoms with Crippen LogP contribution in [0.2, 0.25) is 0 Å². The first-order valence-corrected chi connectivity index (χ1v) is 18.3. The van der Waals surface area contributed by atoms with Crippen molar-refractivity contribution < 1.29 is 0 Å². The number of hydrogen-bond acceptors (Lipinski definition) is 3. The molecule has 3 aromatic heterocycles. The molecule has 0 amide bonds. The molecule has 0 radical (unpaired) electrons. The van der Waals surface area contributed by atoms with E-state index in [2.05, 4.69) is 181 Å². The van der Waals surface area contributed by atoms with E-state index in [1.807, 2.05) is 0 Å². The van der Waals surface area contributed by atoms with Crippen LogP contribution in [0.25, 0.3) is 87.0 Å². The summed E-state index contributed by atoms with van der Waals surface area (Å²) in [4.78, 5) is 10.5. The molecule has 3 nitrogen and oxygen atoms in total. The highest BCUT2D eigenvalue weighted by atomic mass is 32.1. The van der Waals surface area contributed by atoms with Gasteiger partial charge >= 0.3 is 0 Å². The topological polar surface area (TPSA) is 30.7 Å². The van der Waals surface area contributed by atoms with Crippen molar-refractivity contribution in [2.45, 2.75) is 13.0 Å². The molecule has 10 rings (SSSR count). The Morgan fingerprint density at radius 1 is 0.510 bits per heavy atom. The number of allylic oxidation sites excluding steroid dienone is 4. The molecule has 2 atom stereocenters. The van der Waals surface area contributed by atoms with Crippen molar-refractivity contribution in [3.8, 4) is 44.9 Å². The minimum atomic E-state index is 0.241. The van der Waals surface area contributed by atoms with Crippen LogP contribution in [0.5, 0.6) is 0 Å². The minimum absolute atomic E-state index is 0.241. The van der Waals surface area contributed by atoms with Gasteiger partial charge in [-0.2, -0.15) is 0 Å². The lowest BCUT2D eigenvalue weighted by molar-refractivity contribution is 0.510. The molecule has 51 heavy (non-hydrogen) atoms. The zero-order valence-electron chi connectivity index (χ0n) is 28.1. The molecule has 0 fully saturated rings. The maximum atomic E-state index is 5.25. The quantitative estimate of drug-likeness (QED) is 0.182. The van der Waals surface area contributed by atoms with Crippen molar-refractivity contribution in [2.75, 3.05) is 0 Å². The first kappa shape index (κ1) is 29.8. The van der Waals surface area contributed by atoms with Crippen molar-refractivity contribution in [3.63, 3.8) is 0 Å². The summed E-state index contributed by atoms with van der Waals surface area (Å²) in [6.07, 6.45) is 8.99. The summed E-state index contributed by atoms with van der Waals surface area (Å²) >= 11 is 1.77. The van der Waals surface area contributed by atoms with E-state index in [4.69, 9.17) is 9.97 Å². The predicted octanol–water partition coefficient (Wildman–Crippen LogP) is 12.9. The Balaban J connectivity index is 1.15. The predicted molar refractivity (Wildman–Crippen MR) is 216 cm³/mol. The Morgan fingerprint density at radius 3 is 1.86 bits per heavy atom. The highest BCUT2D eigenvalue weighted by Crippen LogP contribution is 2.42. The third-order valence-corrected chi connectivity index (χ3v) is 11.5. The van der Waals surface area contributed by atoms with Gasteiger partial charge in [0.05, 0.1) is 22.0 Å². The average molecular weight is 672 g/mol. The second-order valence-corrected chi connectivity index (χ2v) is 14.5. The van der Waals surface area contributed by atoms with Crippen molar-refractivity contribution in [1.82, 2.24) is 14.5 Å². The smallest absolute Gasteiger partial charge is 0.160 e. The van der Waals surface area contributed by atoms with Gasteiger partial charge in [0.25, 0.3) is 0 Å². The molecule has 3 heterocycles. The number of fused-ring (bicyclic) bond motifs is 6. The van der Waals surface area contributed by atoms with Gasteiger partial charge in [0.15, 0.2) is 5.82 Å². The zero-order valence-corrected chi connectivity index (χ0v) is 28.9. The number of nitrogens with zero attached hydrogens (tertiary/aromatic N) is 3. The maximum absolute atomic E-state index is 5.25. The highest BCUT2D eigenvalue weighted by Gasteiger charge is 2.23. The summed E-state index contributed by atoms with van der Waals surface area (Å²) in [5, 5.41) is 3.70. The van der Waals surface area contributed by atoms with Crippen molar-refractivity contribution in [2.24, 2.45) is 5.92 Å². The van der Waals surface area contributed by atoms with E-state index in [0.29, 0.717) is 5.92 Å². The molecule has 1 aliphatic carbocycles. The summed E-state index contributed by atoms with van der Waals surface area (Å²) in [7, 11) is 0. The minimum Gasteiger partial charge on any atom is -0.333 e. The Hall–Kier alpha value is -6.10. The van der Waals surface area contributed by atoms with Crippen LogP contribution in [0.15, 0.2) is 170 Å². The summed E-state index contributed by atoms with van der Waals surface area (Å²) in [5.41, 5.74) is 11.4. The Labute approximate surface area is 300 Å². The molecular formula is C47H33N3S. The number of thiophene rings is 1. The van der Waals surface area contributed by atoms with Gasteiger partial charge in [-0.25, -0.2) is 9.97 Å². The molecule has 9 aromatic rings. The van der Waals surface area contributed by atoms with Gasteiger partial charge in [0, 0.05) is 43.0 Å². The monoisotopic (exact) mass is 671 g/mol. The molecule has 2 unspecified atom stereocenters. The van der Waals surface area contributed by atoms with Crippen LogP contribution < -0.4 is 0 Å². The Bertz CT molecular complexity index is 2820. The van der Waals surface area contributed by atoms with Gasteiger partial charge in [-0.3, -0.25) is 0 Å². The Kier molecular flexibility index (Phi) is 7.03. The van der Waals surface area contributed by atoms with E-state index in [9.17, 15) is 0 Å². The van der Waals surface area contributed by atoms with Crippen molar-refractivity contribution in [1.29, 1.82) is 0 Å². The van der Waals surface area contributed by atoms with E-state index in [1.165, 1.54) is 48.6 Å². The Morgan fingerprint density at radius 2 is 1.12 bits per heavy atom. The van der Waals surface area contributed by atoms with Gasteiger partial charge in [0.2, 0.25) is 0 Å². The summed E-state index contributed by atoms with van der Waals surface area (Å²) in [6.45, 7) is 2.31. The maximum Gasteiger partial charge on any atom is 0.160 e. The van der Waals surface area contributed by atoms with E-state index in [-0.39, 0.29) is 6.04 Å². The van der Waals surface area contributed by atoms with Gasteiger partial charge in [-0.05, 0) is 64.6 Å². The molecule has 0 saturated heterocycles. The van der Waals surface area contributed by atoms with Crippen LogP contribution in [-0.2, 0) is 0 Å². The van der Waals surface area contributed by atoms with E-state index < -0.39 is 0 Å². The lowest BCUT2D eigenvalue weighted by Gasteiger charge is -2.24. The first-order chi connectivity index (χ1) is 25.2. The second-order valence-electron chi connectivity index (χ2n) is 13.4. The summed E-state index contributed by atoms with van der Waals surface area (Å²) in [6, 6.07) is 52.6. The fraction of sp³-hybridized carbons (Fsp3) is 0.0638. The van der Waals surface area contributed by atoms with Gasteiger partial charge < -0.3 is 4.57 Å². The van der Waals surface area contributed by atoms with Crippen molar-refractivity contribution in [3.05, 3.63) is 170 Å². The molecule has 6 aromatic carbocycles. The number of aromatic nitrogens is 3. The third kappa shape index (κ3) is 5.02. The largest absolute Gasteiger partial charge is 0.333 e. The van der Waals surface area contributed by atoms with Crippen LogP contribution in [-0.4, -0.2) is 14.5 Å². The third-order valence-electron chi connectivity index (χ3n) is 10.3. The van der Waals surface area contributed by atoms with Crippen LogP contribution in [0, 0.1) is 5.92 Å². The molecule has 0 spiro atoms. The standard InChI is InChI=1S/C47H33N3S/c1-30-13-8-10-21-40(30)50-41-25-23-34(31-14-4-2-5-15-31)28-38(41)39-29-35(24-26-42(39)50)33-18-12-19-36(27-33)47-48-44(32-16-6-3-7-17-32)46-45(49-47)37-20-9-11-22-43(37)51-46/h2-30,40H,1H3. The molecule has 1 aliphatic rings. The molecule has 0 saturated carbocycles. The van der Waals surface area contributed by atoms with Gasteiger partial charge in [-0.15, -0.1) is 11.3 Å². The molecule has 0 bridgehead atoms. The van der Waals surface area contributed by atoms with Gasteiger partial charge in [0.1, 0.15) is 0 Å². The molecular weight excluding hydrogens is 639 g/mol. The van der Waals surface area contributed by atoms with Crippen LogP contribution in [0.3, 0.4) is 0 Å². The lowest BCUT2D eigenvalue weighted by Crippen LogP contribution is -2.15. The van der Waals surface area contributed by atoms with Crippen LogP contribution in [0.1, 0.15) is 13.0 Å². The summed E-state index contributed by atoms with van der Waals surface area (Å²) in [5.74, 6) is 1.13. The summed E-state index contributed by atoms with van der Waals surface area (Å²) < 4.78 is 4.88. The van der Waals surface area contributed by atoms with Crippen LogP contribution in [0.4, 0.5) is 0 Å². The average Bonchev–Trinajstić information content (AvgIpc) is 3.73. The van der Waals surface area contributed by atoms with Crippen molar-refractivity contribution >= 4 is 53.4 Å². The van der Waals surface area contributed by atoms with E-state index >= 15 is 0 Å². The van der Waals surface area contributed by atoms with Crippen LogP contribution >= 0.6 is 11.3 Å². The fourth-order valence-electron chi connectivity index (χ4n) is 7.74. The van der Waals surface area contributed by atoms with E-state index in [0.717, 1.165) is 38.4 Å². The first-order valence-electron chi connectivity index (χ1n) is 17.5. The SMILES string of the molecule is CC1C=CC=CC1n1c2ccc(-c3ccccc3)cc2c2cc(-c3cccc(-c4nc(-c5ccccc5)c5sc6ccccc6c5n4)c3)ccc21. The van der Waals surface area contributed by atoms with E-state index in [1.54, 1.807) is 11.3 Å². The fourth-order valence-corrected chi connectivity index (χ4v) is 8.90. The molecule has 0 aliphatic heterocycles. The number of rotatable bonds is 5. The second kappa shape index (κ2) is 12.0. The van der Waals surface area contributed by atoms with Gasteiger partial charge in [-0.1, -0.05) is 140 Å². The molecule has 4 heteroatoms. The highest BCUT2D eigenvalue weighted by molar-refractivity contribution is 7.26. The number of benzene rings is 6. The lowest BCUT2D eigenvalue weighted by atomic mass is 9.96. The molecule has 242 valence electrons. The zero-order chi connectivity index (χ0) is 33.9. The normalized spacial score (nSPS) is 15.8. The molecule has 0 N–H and O–H groups in total.